The molecule has 2 aromatic heterocycles. The summed E-state index contributed by atoms with van der Waals surface area (Å²) in [6.45, 7) is 3.98. The summed E-state index contributed by atoms with van der Waals surface area (Å²) < 4.78 is 0. The van der Waals surface area contributed by atoms with Crippen LogP contribution < -0.4 is 16.0 Å². The number of fused-ring (bicyclic) bond motifs is 1. The Morgan fingerprint density at radius 3 is 2.76 bits per heavy atom. The number of hydrogen-bond acceptors (Lipinski definition) is 5. The molecular formula is C21H24N6O2. The van der Waals surface area contributed by atoms with E-state index in [1.807, 2.05) is 37.9 Å². The number of carbonyl (C=O) groups is 2. The number of benzene rings is 1. The maximum Gasteiger partial charge on any atom is 0.248 e. The number of primary amides is 1. The number of nitrogens with zero attached hydrogens (tertiary/aromatic N) is 3. The number of anilines is 3. The first-order chi connectivity index (χ1) is 13.9. The molecule has 3 aromatic rings. The minimum Gasteiger partial charge on any atom is -0.366 e. The Hall–Kier alpha value is -3.42. The van der Waals surface area contributed by atoms with Gasteiger partial charge >= 0.3 is 0 Å². The lowest BCUT2D eigenvalue weighted by Gasteiger charge is -2.24. The van der Waals surface area contributed by atoms with Crippen molar-refractivity contribution < 1.29 is 9.59 Å². The largest absolute Gasteiger partial charge is 0.366 e. The van der Waals surface area contributed by atoms with Crippen molar-refractivity contribution in [3.63, 3.8) is 0 Å². The maximum absolute atomic E-state index is 12.3. The van der Waals surface area contributed by atoms with Gasteiger partial charge in [-0.3, -0.25) is 9.59 Å². The zero-order valence-corrected chi connectivity index (χ0v) is 16.7. The van der Waals surface area contributed by atoms with Crippen LogP contribution in [0.4, 0.5) is 17.3 Å². The second-order valence-electron chi connectivity index (χ2n) is 7.42. The Morgan fingerprint density at radius 1 is 1.34 bits per heavy atom. The number of imidazole rings is 1. The maximum atomic E-state index is 12.3. The van der Waals surface area contributed by atoms with Crippen LogP contribution in [0.2, 0.25) is 0 Å². The Morgan fingerprint density at radius 2 is 2.10 bits per heavy atom. The van der Waals surface area contributed by atoms with Crippen LogP contribution in [-0.2, 0) is 11.2 Å². The molecule has 8 nitrogen and oxygen atoms in total. The Labute approximate surface area is 168 Å². The number of nitrogens with one attached hydrogen (secondary N) is 2. The number of aryl methyl sites for hydroxylation is 2. The van der Waals surface area contributed by atoms with Crippen molar-refractivity contribution in [1.29, 1.82) is 0 Å². The number of aromatic amines is 1. The molecule has 150 valence electrons. The normalized spacial score (nSPS) is 13.5. The summed E-state index contributed by atoms with van der Waals surface area (Å²) in [5.74, 6) is 0.785. The number of rotatable bonds is 6. The van der Waals surface area contributed by atoms with Crippen molar-refractivity contribution in [2.75, 3.05) is 17.3 Å². The van der Waals surface area contributed by atoms with Gasteiger partial charge in [0.1, 0.15) is 11.3 Å². The van der Waals surface area contributed by atoms with Crippen molar-refractivity contribution in [2.24, 2.45) is 11.7 Å². The Balaban J connectivity index is 1.79. The van der Waals surface area contributed by atoms with Crippen molar-refractivity contribution in [3.8, 4) is 0 Å². The van der Waals surface area contributed by atoms with Crippen molar-refractivity contribution in [2.45, 2.75) is 33.1 Å². The third-order valence-corrected chi connectivity index (χ3v) is 5.40. The molecule has 29 heavy (non-hydrogen) atoms. The molecule has 1 saturated carbocycles. The van der Waals surface area contributed by atoms with Gasteiger partial charge in [0, 0.05) is 29.8 Å². The van der Waals surface area contributed by atoms with Crippen LogP contribution in [0.15, 0.2) is 24.5 Å². The smallest absolute Gasteiger partial charge is 0.248 e. The van der Waals surface area contributed by atoms with Gasteiger partial charge in [0.25, 0.3) is 0 Å². The second kappa shape index (κ2) is 7.20. The van der Waals surface area contributed by atoms with Gasteiger partial charge in [-0.15, -0.1) is 0 Å². The van der Waals surface area contributed by atoms with E-state index in [1.54, 1.807) is 12.4 Å². The summed E-state index contributed by atoms with van der Waals surface area (Å²) in [4.78, 5) is 38.1. The summed E-state index contributed by atoms with van der Waals surface area (Å²) in [5, 5.41) is 2.95. The minimum atomic E-state index is -0.453. The van der Waals surface area contributed by atoms with E-state index < -0.39 is 5.91 Å². The van der Waals surface area contributed by atoms with E-state index in [4.69, 9.17) is 10.7 Å². The highest BCUT2D eigenvalue weighted by molar-refractivity contribution is 6.01. The molecule has 1 aliphatic carbocycles. The fourth-order valence-electron chi connectivity index (χ4n) is 3.56. The van der Waals surface area contributed by atoms with Gasteiger partial charge < -0.3 is 20.9 Å². The molecule has 0 spiro atoms. The number of hydrogen-bond donors (Lipinski definition) is 3. The lowest BCUT2D eigenvalue weighted by atomic mass is 10.0. The molecule has 0 unspecified atom stereocenters. The number of amides is 2. The van der Waals surface area contributed by atoms with Gasteiger partial charge in [-0.1, -0.05) is 6.92 Å². The zero-order chi connectivity index (χ0) is 20.7. The average Bonchev–Trinajstić information content (AvgIpc) is 3.45. The first-order valence-electron chi connectivity index (χ1n) is 9.71. The molecule has 1 fully saturated rings. The first kappa shape index (κ1) is 18.9. The summed E-state index contributed by atoms with van der Waals surface area (Å²) in [6.07, 6.45) is 4.18. The first-order valence-corrected chi connectivity index (χ1v) is 9.71. The molecular weight excluding hydrogens is 368 g/mol. The van der Waals surface area contributed by atoms with E-state index in [1.165, 1.54) is 0 Å². The molecule has 2 heterocycles. The standard InChI is InChI=1S/C21H24N6O2/c1-4-12-9-14(18(22)28)7-8-15(12)27(3)20-11(2)16-17(24-10-23-16)19(25-20)26-21(29)13-5-6-13/h7-10,13H,4-6H2,1-3H3,(H2,22,28)(H,23,24)(H,25,26,29). The quantitative estimate of drug-likeness (QED) is 0.596. The van der Waals surface area contributed by atoms with Crippen LogP contribution in [0.3, 0.4) is 0 Å². The molecule has 4 N–H and O–H groups in total. The van der Waals surface area contributed by atoms with Gasteiger partial charge in [0.15, 0.2) is 5.82 Å². The second-order valence-corrected chi connectivity index (χ2v) is 7.42. The van der Waals surface area contributed by atoms with Crippen molar-refractivity contribution in [3.05, 3.63) is 41.2 Å². The van der Waals surface area contributed by atoms with Crippen LogP contribution in [0.5, 0.6) is 0 Å². The zero-order valence-electron chi connectivity index (χ0n) is 16.7. The summed E-state index contributed by atoms with van der Waals surface area (Å²) in [7, 11) is 1.92. The summed E-state index contributed by atoms with van der Waals surface area (Å²) in [5.41, 5.74) is 10.2. The number of aromatic nitrogens is 3. The molecule has 8 heteroatoms. The molecule has 4 rings (SSSR count). The molecule has 2 amide bonds. The molecule has 1 aliphatic rings. The third kappa shape index (κ3) is 3.41. The molecule has 1 aromatic carbocycles. The topological polar surface area (TPSA) is 117 Å². The highest BCUT2D eigenvalue weighted by Gasteiger charge is 2.31. The molecule has 0 saturated heterocycles. The fourth-order valence-corrected chi connectivity index (χ4v) is 3.56. The lowest BCUT2D eigenvalue weighted by Crippen LogP contribution is -2.19. The van der Waals surface area contributed by atoms with Crippen LogP contribution >= 0.6 is 0 Å². The molecule has 0 atom stereocenters. The molecule has 0 bridgehead atoms. The number of nitrogens with two attached hydrogens (primary N) is 1. The third-order valence-electron chi connectivity index (χ3n) is 5.40. The van der Waals surface area contributed by atoms with E-state index in [9.17, 15) is 9.59 Å². The number of H-pyrrole nitrogens is 1. The van der Waals surface area contributed by atoms with E-state index in [0.717, 1.165) is 41.6 Å². The van der Waals surface area contributed by atoms with E-state index >= 15 is 0 Å². The lowest BCUT2D eigenvalue weighted by molar-refractivity contribution is -0.117. The molecule has 0 radical (unpaired) electrons. The van der Waals surface area contributed by atoms with Crippen LogP contribution in [0, 0.1) is 12.8 Å². The van der Waals surface area contributed by atoms with Crippen molar-refractivity contribution >= 4 is 40.2 Å². The van der Waals surface area contributed by atoms with Crippen molar-refractivity contribution in [1.82, 2.24) is 15.0 Å². The minimum absolute atomic E-state index is 0.00841. The summed E-state index contributed by atoms with van der Waals surface area (Å²) in [6, 6.07) is 5.40. The predicted octanol–water partition coefficient (Wildman–Crippen LogP) is 3.04. The van der Waals surface area contributed by atoms with Gasteiger partial charge in [0.05, 0.1) is 11.8 Å². The highest BCUT2D eigenvalue weighted by Crippen LogP contribution is 2.35. The monoisotopic (exact) mass is 392 g/mol. The van der Waals surface area contributed by atoms with E-state index in [-0.39, 0.29) is 11.8 Å². The number of pyridine rings is 1. The Kier molecular flexibility index (Phi) is 4.70. The Bertz CT molecular complexity index is 1120. The predicted molar refractivity (Wildman–Crippen MR) is 112 cm³/mol. The fraction of sp³-hybridized carbons (Fsp3) is 0.333. The SMILES string of the molecule is CCc1cc(C(N)=O)ccc1N(C)c1nc(NC(=O)C2CC2)c2[nH]cnc2c1C. The van der Waals surface area contributed by atoms with Gasteiger partial charge in [0.2, 0.25) is 11.8 Å². The summed E-state index contributed by atoms with van der Waals surface area (Å²) >= 11 is 0. The number of carbonyl (C=O) groups excluding carboxylic acids is 2. The van der Waals surface area contributed by atoms with Gasteiger partial charge in [-0.25, -0.2) is 9.97 Å². The molecule has 0 aliphatic heterocycles. The average molecular weight is 392 g/mol. The van der Waals surface area contributed by atoms with Crippen LogP contribution in [0.1, 0.15) is 41.3 Å². The van der Waals surface area contributed by atoms with Crippen LogP contribution in [0.25, 0.3) is 11.0 Å². The highest BCUT2D eigenvalue weighted by atomic mass is 16.2. The van der Waals surface area contributed by atoms with Crippen LogP contribution in [-0.4, -0.2) is 33.8 Å². The van der Waals surface area contributed by atoms with Gasteiger partial charge in [-0.05, 0) is 49.9 Å². The van der Waals surface area contributed by atoms with Gasteiger partial charge in [-0.2, -0.15) is 0 Å². The van der Waals surface area contributed by atoms with E-state index in [2.05, 4.69) is 15.3 Å². The van der Waals surface area contributed by atoms with E-state index in [0.29, 0.717) is 22.7 Å².